The highest BCUT2D eigenvalue weighted by molar-refractivity contribution is 8.01. The van der Waals surface area contributed by atoms with Crippen molar-refractivity contribution in [3.8, 4) is 5.75 Å². The van der Waals surface area contributed by atoms with Crippen molar-refractivity contribution < 1.29 is 14.3 Å². The molecular formula is C13H15Cl3N2O3S. The van der Waals surface area contributed by atoms with E-state index in [1.165, 1.54) is 23.9 Å². The lowest BCUT2D eigenvalue weighted by atomic mass is 10.3. The molecule has 1 rings (SSSR count). The van der Waals surface area contributed by atoms with E-state index in [-0.39, 0.29) is 27.7 Å². The molecule has 0 spiro atoms. The van der Waals surface area contributed by atoms with Crippen LogP contribution in [-0.2, 0) is 9.59 Å². The molecule has 0 saturated carbocycles. The number of ether oxygens (including phenoxy) is 1. The quantitative estimate of drug-likeness (QED) is 0.707. The van der Waals surface area contributed by atoms with Crippen molar-refractivity contribution >= 4 is 58.4 Å². The Morgan fingerprint density at radius 1 is 1.27 bits per heavy atom. The number of carbonyl (C=O) groups excluding carboxylic acids is 2. The van der Waals surface area contributed by atoms with E-state index in [0.717, 1.165) is 0 Å². The summed E-state index contributed by atoms with van der Waals surface area (Å²) < 4.78 is 5.27. The molecule has 5 nitrogen and oxygen atoms in total. The number of hydrogen-bond donors (Lipinski definition) is 2. The van der Waals surface area contributed by atoms with Gasteiger partial charge in [0.25, 0.3) is 11.8 Å². The van der Waals surface area contributed by atoms with Crippen LogP contribution in [0.4, 0.5) is 0 Å². The number of primary amides is 1. The molecular weight excluding hydrogens is 371 g/mol. The zero-order valence-electron chi connectivity index (χ0n) is 11.9. The summed E-state index contributed by atoms with van der Waals surface area (Å²) in [5, 5.41) is 2.51. The molecule has 22 heavy (non-hydrogen) atoms. The summed E-state index contributed by atoms with van der Waals surface area (Å²) in [6.45, 7) is 3.41. The molecule has 2 amide bonds. The second-order valence-corrected chi connectivity index (χ2v) is 7.46. The molecule has 0 saturated heterocycles. The Bertz CT molecular complexity index is 546. The fraction of sp³-hybridized carbons (Fsp3) is 0.385. The second-order valence-electron chi connectivity index (χ2n) is 4.52. The number of rotatable bonds is 7. The lowest BCUT2D eigenvalue weighted by Crippen LogP contribution is -2.44. The number of amides is 2. The summed E-state index contributed by atoms with van der Waals surface area (Å²) in [5.74, 6) is -0.997. The smallest absolute Gasteiger partial charge is 0.259 e. The van der Waals surface area contributed by atoms with E-state index >= 15 is 0 Å². The highest BCUT2D eigenvalue weighted by atomic mass is 35.5. The van der Waals surface area contributed by atoms with Crippen molar-refractivity contribution in [1.29, 1.82) is 0 Å². The first-order valence-corrected chi connectivity index (χ1v) is 8.30. The summed E-state index contributed by atoms with van der Waals surface area (Å²) >= 11 is 18.9. The van der Waals surface area contributed by atoms with Gasteiger partial charge in [0.1, 0.15) is 0 Å². The fourth-order valence-corrected chi connectivity index (χ4v) is 3.24. The summed E-state index contributed by atoms with van der Waals surface area (Å²) in [5.41, 5.74) is 5.23. The fourth-order valence-electron chi connectivity index (χ4n) is 1.44. The average Bonchev–Trinajstić information content (AvgIpc) is 2.35. The van der Waals surface area contributed by atoms with Crippen LogP contribution in [0.3, 0.4) is 0 Å². The van der Waals surface area contributed by atoms with Crippen LogP contribution in [0, 0.1) is 0 Å². The van der Waals surface area contributed by atoms with Gasteiger partial charge in [0, 0.05) is 10.3 Å². The van der Waals surface area contributed by atoms with E-state index in [1.54, 1.807) is 0 Å². The standard InChI is InChI=1S/C13H15Cl3N2O3S/c1-6(2)22-13(12(17)20)18-10(19)5-21-11-8(15)3-7(14)4-9(11)16/h3-4,6,13H,5H2,1-2H3,(H2,17,20)(H,18,19). The van der Waals surface area contributed by atoms with Crippen LogP contribution >= 0.6 is 46.6 Å². The molecule has 0 bridgehead atoms. The molecule has 9 heteroatoms. The number of hydrogen-bond acceptors (Lipinski definition) is 4. The lowest BCUT2D eigenvalue weighted by molar-refractivity contribution is -0.126. The van der Waals surface area contributed by atoms with Gasteiger partial charge in [-0.05, 0) is 12.1 Å². The molecule has 1 aromatic carbocycles. The highest BCUT2D eigenvalue weighted by Gasteiger charge is 2.20. The van der Waals surface area contributed by atoms with Gasteiger partial charge >= 0.3 is 0 Å². The first-order chi connectivity index (χ1) is 10.2. The zero-order chi connectivity index (χ0) is 16.9. The molecule has 0 fully saturated rings. The van der Waals surface area contributed by atoms with E-state index in [9.17, 15) is 9.59 Å². The second kappa shape index (κ2) is 8.72. The van der Waals surface area contributed by atoms with Crippen molar-refractivity contribution in [3.05, 3.63) is 27.2 Å². The molecule has 122 valence electrons. The van der Waals surface area contributed by atoms with Gasteiger partial charge in [-0.1, -0.05) is 48.7 Å². The first kappa shape index (κ1) is 19.2. The summed E-state index contributed by atoms with van der Waals surface area (Å²) in [7, 11) is 0. The molecule has 0 aliphatic rings. The third-order valence-corrected chi connectivity index (χ3v) is 4.22. The van der Waals surface area contributed by atoms with Crippen LogP contribution < -0.4 is 15.8 Å². The Kier molecular flexibility index (Phi) is 7.62. The zero-order valence-corrected chi connectivity index (χ0v) is 14.9. The first-order valence-electron chi connectivity index (χ1n) is 6.22. The van der Waals surface area contributed by atoms with Crippen LogP contribution in [0.15, 0.2) is 12.1 Å². The van der Waals surface area contributed by atoms with E-state index in [4.69, 9.17) is 45.3 Å². The van der Waals surface area contributed by atoms with Crippen LogP contribution in [0.2, 0.25) is 15.1 Å². The van der Waals surface area contributed by atoms with Crippen LogP contribution in [0.25, 0.3) is 0 Å². The van der Waals surface area contributed by atoms with Gasteiger partial charge in [-0.15, -0.1) is 11.8 Å². The maximum absolute atomic E-state index is 11.8. The van der Waals surface area contributed by atoms with Crippen molar-refractivity contribution in [2.24, 2.45) is 5.73 Å². The van der Waals surface area contributed by atoms with Gasteiger partial charge in [0.2, 0.25) is 0 Å². The van der Waals surface area contributed by atoms with E-state index < -0.39 is 17.2 Å². The Balaban J connectivity index is 2.64. The molecule has 3 N–H and O–H groups in total. The predicted molar refractivity (Wildman–Crippen MR) is 90.8 cm³/mol. The van der Waals surface area contributed by atoms with Crippen molar-refractivity contribution in [1.82, 2.24) is 5.32 Å². The SMILES string of the molecule is CC(C)SC(NC(=O)COc1c(Cl)cc(Cl)cc1Cl)C(N)=O. The van der Waals surface area contributed by atoms with Gasteiger partial charge in [0.15, 0.2) is 17.7 Å². The van der Waals surface area contributed by atoms with E-state index in [1.807, 2.05) is 13.8 Å². The van der Waals surface area contributed by atoms with Crippen LogP contribution in [0.1, 0.15) is 13.8 Å². The Morgan fingerprint density at radius 2 is 1.82 bits per heavy atom. The topological polar surface area (TPSA) is 81.4 Å². The van der Waals surface area contributed by atoms with Crippen LogP contribution in [-0.4, -0.2) is 29.0 Å². The molecule has 1 aromatic rings. The lowest BCUT2D eigenvalue weighted by Gasteiger charge is -2.17. The van der Waals surface area contributed by atoms with E-state index in [2.05, 4.69) is 5.32 Å². The monoisotopic (exact) mass is 384 g/mol. The van der Waals surface area contributed by atoms with Gasteiger partial charge in [-0.25, -0.2) is 0 Å². The Morgan fingerprint density at radius 3 is 2.27 bits per heavy atom. The number of benzene rings is 1. The maximum Gasteiger partial charge on any atom is 0.259 e. The number of halogens is 3. The van der Waals surface area contributed by atoms with Gasteiger partial charge in [0.05, 0.1) is 10.0 Å². The summed E-state index contributed by atoms with van der Waals surface area (Å²) in [4.78, 5) is 23.1. The number of nitrogens with one attached hydrogen (secondary N) is 1. The van der Waals surface area contributed by atoms with Gasteiger partial charge < -0.3 is 15.8 Å². The number of carbonyl (C=O) groups is 2. The minimum atomic E-state index is -0.827. The molecule has 0 aliphatic carbocycles. The predicted octanol–water partition coefficient (Wildman–Crippen LogP) is 3.09. The van der Waals surface area contributed by atoms with Crippen molar-refractivity contribution in [2.75, 3.05) is 6.61 Å². The minimum Gasteiger partial charge on any atom is -0.481 e. The molecule has 1 atom stereocenters. The minimum absolute atomic E-state index is 0.124. The molecule has 0 aliphatic heterocycles. The third-order valence-electron chi connectivity index (χ3n) is 2.27. The maximum atomic E-state index is 11.8. The average molecular weight is 386 g/mol. The van der Waals surface area contributed by atoms with E-state index in [0.29, 0.717) is 5.02 Å². The molecule has 0 aromatic heterocycles. The third kappa shape index (κ3) is 6.12. The summed E-state index contributed by atoms with van der Waals surface area (Å²) in [6.07, 6.45) is 0. The highest BCUT2D eigenvalue weighted by Crippen LogP contribution is 2.35. The Hall–Kier alpha value is -0.820. The number of thioether (sulfide) groups is 1. The molecule has 0 heterocycles. The molecule has 0 radical (unpaired) electrons. The molecule has 1 unspecified atom stereocenters. The number of nitrogens with two attached hydrogens (primary N) is 1. The van der Waals surface area contributed by atoms with Crippen molar-refractivity contribution in [3.63, 3.8) is 0 Å². The van der Waals surface area contributed by atoms with Crippen molar-refractivity contribution in [2.45, 2.75) is 24.5 Å². The van der Waals surface area contributed by atoms with Crippen LogP contribution in [0.5, 0.6) is 5.75 Å². The van der Waals surface area contributed by atoms with Gasteiger partial charge in [-0.3, -0.25) is 9.59 Å². The summed E-state index contributed by atoms with van der Waals surface area (Å²) in [6, 6.07) is 2.89. The van der Waals surface area contributed by atoms with Gasteiger partial charge in [-0.2, -0.15) is 0 Å². The normalized spacial score (nSPS) is 12.1. The Labute approximate surface area is 147 Å². The largest absolute Gasteiger partial charge is 0.481 e.